The van der Waals surface area contributed by atoms with Crippen molar-refractivity contribution in [2.24, 2.45) is 5.73 Å². The Morgan fingerprint density at radius 3 is 2.67 bits per heavy atom. The summed E-state index contributed by atoms with van der Waals surface area (Å²) in [7, 11) is 0. The van der Waals surface area contributed by atoms with Crippen molar-refractivity contribution in [2.45, 2.75) is 5.92 Å². The number of nitrogens with zero attached hydrogens (tertiary/aromatic N) is 2. The van der Waals surface area contributed by atoms with E-state index in [9.17, 15) is 4.39 Å². The van der Waals surface area contributed by atoms with Gasteiger partial charge in [0.25, 0.3) is 0 Å². The minimum atomic E-state index is -0.572. The lowest BCUT2D eigenvalue weighted by Crippen LogP contribution is -2.12. The summed E-state index contributed by atoms with van der Waals surface area (Å²) >= 11 is 1.14. The van der Waals surface area contributed by atoms with Crippen LogP contribution in [0.4, 0.5) is 4.39 Å². The van der Waals surface area contributed by atoms with Crippen LogP contribution in [0.1, 0.15) is 11.5 Å². The Balaban J connectivity index is 2.57. The van der Waals surface area contributed by atoms with Crippen LogP contribution in [0.2, 0.25) is 0 Å². The SMILES string of the molecule is N#CC1=CSC(N)=C(C#N)C1c1cccc(F)c1. The van der Waals surface area contributed by atoms with Gasteiger partial charge in [-0.15, -0.1) is 0 Å². The third-order valence-electron chi connectivity index (χ3n) is 2.61. The summed E-state index contributed by atoms with van der Waals surface area (Å²) in [6.07, 6.45) is 0. The third-order valence-corrected chi connectivity index (χ3v) is 3.46. The number of halogens is 1. The first kappa shape index (κ1) is 12.2. The molecule has 0 aliphatic carbocycles. The van der Waals surface area contributed by atoms with E-state index in [4.69, 9.17) is 16.3 Å². The normalized spacial score (nSPS) is 18.8. The van der Waals surface area contributed by atoms with Gasteiger partial charge in [0.15, 0.2) is 0 Å². The molecule has 0 fully saturated rings. The zero-order valence-corrected chi connectivity index (χ0v) is 10.0. The summed E-state index contributed by atoms with van der Waals surface area (Å²) in [5.41, 5.74) is 7.00. The molecule has 1 unspecified atom stereocenters. The second-order valence-electron chi connectivity index (χ2n) is 3.68. The van der Waals surface area contributed by atoms with Crippen LogP contribution in [-0.2, 0) is 0 Å². The van der Waals surface area contributed by atoms with E-state index >= 15 is 0 Å². The number of hydrogen-bond donors (Lipinski definition) is 1. The van der Waals surface area contributed by atoms with E-state index in [1.807, 2.05) is 12.1 Å². The maximum absolute atomic E-state index is 13.2. The van der Waals surface area contributed by atoms with Crippen molar-refractivity contribution in [3.8, 4) is 12.1 Å². The topological polar surface area (TPSA) is 73.6 Å². The first-order valence-electron chi connectivity index (χ1n) is 5.09. The molecule has 18 heavy (non-hydrogen) atoms. The molecule has 1 atom stereocenters. The molecule has 2 rings (SSSR count). The second kappa shape index (κ2) is 4.95. The molecule has 0 aromatic heterocycles. The lowest BCUT2D eigenvalue weighted by atomic mass is 9.86. The van der Waals surface area contributed by atoms with Crippen molar-refractivity contribution in [3.63, 3.8) is 0 Å². The standard InChI is InChI=1S/C13H8FN3S/c14-10-3-1-2-8(4-10)12-9(5-15)7-18-13(17)11(12)6-16/h1-4,7,12H,17H2. The van der Waals surface area contributed by atoms with Crippen molar-refractivity contribution in [1.82, 2.24) is 0 Å². The lowest BCUT2D eigenvalue weighted by Gasteiger charge is -2.21. The highest BCUT2D eigenvalue weighted by atomic mass is 32.2. The fraction of sp³-hybridized carbons (Fsp3) is 0.0769. The summed E-state index contributed by atoms with van der Waals surface area (Å²) in [4.78, 5) is 0. The Bertz CT molecular complexity index is 634. The Kier molecular flexibility index (Phi) is 3.36. The number of hydrogen-bond acceptors (Lipinski definition) is 4. The Hall–Kier alpha value is -2.24. The molecule has 0 saturated heterocycles. The van der Waals surface area contributed by atoms with Gasteiger partial charge in [0.2, 0.25) is 0 Å². The molecule has 0 spiro atoms. The van der Waals surface area contributed by atoms with Crippen LogP contribution in [0.5, 0.6) is 0 Å². The number of allylic oxidation sites excluding steroid dienone is 2. The molecular formula is C13H8FN3S. The second-order valence-corrected chi connectivity index (χ2v) is 4.59. The summed E-state index contributed by atoms with van der Waals surface area (Å²) < 4.78 is 13.2. The molecular weight excluding hydrogens is 249 g/mol. The minimum absolute atomic E-state index is 0.296. The van der Waals surface area contributed by atoms with Crippen molar-refractivity contribution in [1.29, 1.82) is 10.5 Å². The molecule has 2 N–H and O–H groups in total. The van der Waals surface area contributed by atoms with Gasteiger partial charge in [-0.1, -0.05) is 23.9 Å². The van der Waals surface area contributed by atoms with E-state index in [-0.39, 0.29) is 0 Å². The zero-order valence-electron chi connectivity index (χ0n) is 9.22. The lowest BCUT2D eigenvalue weighted by molar-refractivity contribution is 0.625. The van der Waals surface area contributed by atoms with Crippen LogP contribution < -0.4 is 5.73 Å². The summed E-state index contributed by atoms with van der Waals surface area (Å²) in [6.45, 7) is 0. The van der Waals surface area contributed by atoms with E-state index in [2.05, 4.69) is 0 Å². The summed E-state index contributed by atoms with van der Waals surface area (Å²) in [5.74, 6) is -0.976. The monoisotopic (exact) mass is 257 g/mol. The predicted molar refractivity (Wildman–Crippen MR) is 67.3 cm³/mol. The van der Waals surface area contributed by atoms with Gasteiger partial charge in [-0.2, -0.15) is 10.5 Å². The maximum Gasteiger partial charge on any atom is 0.123 e. The molecule has 5 heteroatoms. The van der Waals surface area contributed by atoms with Crippen LogP contribution in [0.15, 0.2) is 45.8 Å². The predicted octanol–water partition coefficient (Wildman–Crippen LogP) is 2.76. The molecule has 1 aromatic carbocycles. The van der Waals surface area contributed by atoms with Gasteiger partial charge in [-0.05, 0) is 23.1 Å². The smallest absolute Gasteiger partial charge is 0.123 e. The third kappa shape index (κ3) is 2.09. The van der Waals surface area contributed by atoms with Gasteiger partial charge < -0.3 is 5.73 Å². The first-order chi connectivity index (χ1) is 8.67. The number of nitriles is 2. The van der Waals surface area contributed by atoms with Crippen LogP contribution in [0.3, 0.4) is 0 Å². The number of rotatable bonds is 1. The minimum Gasteiger partial charge on any atom is -0.392 e. The van der Waals surface area contributed by atoms with Crippen molar-refractivity contribution in [3.05, 3.63) is 57.2 Å². The molecule has 1 aromatic rings. The zero-order chi connectivity index (χ0) is 13.1. The van der Waals surface area contributed by atoms with Gasteiger partial charge in [0.1, 0.15) is 5.82 Å². The molecule has 0 bridgehead atoms. The van der Waals surface area contributed by atoms with E-state index < -0.39 is 11.7 Å². The molecule has 1 aliphatic heterocycles. The molecule has 1 aliphatic rings. The fourth-order valence-electron chi connectivity index (χ4n) is 1.80. The van der Waals surface area contributed by atoms with Gasteiger partial charge in [0, 0.05) is 5.57 Å². The Morgan fingerprint density at radius 2 is 2.06 bits per heavy atom. The van der Waals surface area contributed by atoms with E-state index in [0.29, 0.717) is 21.7 Å². The molecule has 0 radical (unpaired) electrons. The molecule has 88 valence electrons. The average molecular weight is 257 g/mol. The quantitative estimate of drug-likeness (QED) is 0.839. The molecule has 3 nitrogen and oxygen atoms in total. The number of benzene rings is 1. The highest BCUT2D eigenvalue weighted by Gasteiger charge is 2.27. The average Bonchev–Trinajstić information content (AvgIpc) is 2.38. The Labute approximate surface area is 108 Å². The van der Waals surface area contributed by atoms with Crippen LogP contribution >= 0.6 is 11.8 Å². The summed E-state index contributed by atoms with van der Waals surface area (Å²) in [5, 5.41) is 20.2. The Morgan fingerprint density at radius 1 is 1.28 bits per heavy atom. The first-order valence-corrected chi connectivity index (χ1v) is 5.97. The van der Waals surface area contributed by atoms with Crippen LogP contribution in [0, 0.1) is 28.5 Å². The van der Waals surface area contributed by atoms with Crippen LogP contribution in [0.25, 0.3) is 0 Å². The van der Waals surface area contributed by atoms with Gasteiger partial charge in [-0.3, -0.25) is 0 Å². The maximum atomic E-state index is 13.2. The largest absolute Gasteiger partial charge is 0.392 e. The molecule has 0 amide bonds. The van der Waals surface area contributed by atoms with Gasteiger partial charge in [-0.25, -0.2) is 4.39 Å². The van der Waals surface area contributed by atoms with Gasteiger partial charge in [0.05, 0.1) is 28.7 Å². The van der Waals surface area contributed by atoms with Gasteiger partial charge >= 0.3 is 0 Å². The highest BCUT2D eigenvalue weighted by molar-refractivity contribution is 8.05. The van der Waals surface area contributed by atoms with E-state index in [1.165, 1.54) is 12.1 Å². The molecule has 1 heterocycles. The van der Waals surface area contributed by atoms with E-state index in [1.54, 1.807) is 17.5 Å². The number of thioether (sulfide) groups is 1. The highest BCUT2D eigenvalue weighted by Crippen LogP contribution is 2.40. The summed E-state index contributed by atoms with van der Waals surface area (Å²) in [6, 6.07) is 9.90. The molecule has 0 saturated carbocycles. The van der Waals surface area contributed by atoms with Crippen molar-refractivity contribution in [2.75, 3.05) is 0 Å². The van der Waals surface area contributed by atoms with E-state index in [0.717, 1.165) is 11.8 Å². The van der Waals surface area contributed by atoms with Crippen LogP contribution in [-0.4, -0.2) is 0 Å². The fourth-order valence-corrected chi connectivity index (χ4v) is 2.53. The van der Waals surface area contributed by atoms with Crippen molar-refractivity contribution < 1.29 is 4.39 Å². The van der Waals surface area contributed by atoms with Crippen molar-refractivity contribution >= 4 is 11.8 Å². The number of nitrogens with two attached hydrogens (primary N) is 1.